The van der Waals surface area contributed by atoms with Gasteiger partial charge in [-0.05, 0) is 62.4 Å². The van der Waals surface area contributed by atoms with Crippen LogP contribution in [0.1, 0.15) is 41.9 Å². The van der Waals surface area contributed by atoms with Crippen molar-refractivity contribution in [2.24, 2.45) is 11.7 Å². The second-order valence-corrected chi connectivity index (χ2v) is 7.80. The molecular weight excluding hydrogens is 364 g/mol. The number of imidazole rings is 1. The van der Waals surface area contributed by atoms with E-state index in [1.165, 1.54) is 0 Å². The van der Waals surface area contributed by atoms with Crippen molar-refractivity contribution in [2.75, 3.05) is 13.1 Å². The Hall–Kier alpha value is -3.15. The minimum Gasteiger partial charge on any atom is -0.370 e. The Morgan fingerprint density at radius 1 is 1.17 bits per heavy atom. The van der Waals surface area contributed by atoms with Crippen LogP contribution in [-0.2, 0) is 4.79 Å². The third-order valence-corrected chi connectivity index (χ3v) is 5.69. The third-order valence-electron chi connectivity index (χ3n) is 5.69. The van der Waals surface area contributed by atoms with Gasteiger partial charge in [0.1, 0.15) is 5.82 Å². The van der Waals surface area contributed by atoms with Crippen LogP contribution in [0.4, 0.5) is 0 Å². The van der Waals surface area contributed by atoms with E-state index in [0.29, 0.717) is 24.4 Å². The molecule has 3 aromatic rings. The highest BCUT2D eigenvalue weighted by atomic mass is 16.2. The molecule has 6 nitrogen and oxygen atoms in total. The van der Waals surface area contributed by atoms with Crippen LogP contribution < -0.4 is 5.73 Å². The molecule has 1 saturated heterocycles. The lowest BCUT2D eigenvalue weighted by Crippen LogP contribution is -2.40. The van der Waals surface area contributed by atoms with Crippen LogP contribution in [0.3, 0.4) is 0 Å². The highest BCUT2D eigenvalue weighted by Gasteiger charge is 2.25. The molecule has 29 heavy (non-hydrogen) atoms. The topological polar surface area (TPSA) is 81.2 Å². The third kappa shape index (κ3) is 4.01. The predicted molar refractivity (Wildman–Crippen MR) is 113 cm³/mol. The Morgan fingerprint density at radius 2 is 1.97 bits per heavy atom. The number of aromatic nitrogens is 2. The summed E-state index contributed by atoms with van der Waals surface area (Å²) in [5.74, 6) is 0.981. The van der Waals surface area contributed by atoms with Crippen LogP contribution in [0.15, 0.2) is 48.5 Å². The lowest BCUT2D eigenvalue weighted by atomic mass is 9.93. The molecule has 150 valence electrons. The van der Waals surface area contributed by atoms with Gasteiger partial charge in [0.2, 0.25) is 5.91 Å². The normalized spacial score (nSPS) is 16.9. The first kappa shape index (κ1) is 19.2. The summed E-state index contributed by atoms with van der Waals surface area (Å²) in [6.45, 7) is 3.41. The second kappa shape index (κ2) is 8.07. The molecule has 0 spiro atoms. The van der Waals surface area contributed by atoms with E-state index in [0.717, 1.165) is 48.4 Å². The zero-order valence-electron chi connectivity index (χ0n) is 16.7. The molecule has 0 bridgehead atoms. The predicted octanol–water partition coefficient (Wildman–Crippen LogP) is 3.45. The number of amides is 2. The highest BCUT2D eigenvalue weighted by molar-refractivity contribution is 5.97. The number of primary amides is 1. The van der Waals surface area contributed by atoms with E-state index in [9.17, 15) is 9.59 Å². The molecule has 1 unspecified atom stereocenters. The molecule has 2 N–H and O–H groups in total. The van der Waals surface area contributed by atoms with Gasteiger partial charge >= 0.3 is 0 Å². The number of benzene rings is 2. The van der Waals surface area contributed by atoms with Crippen molar-refractivity contribution in [3.63, 3.8) is 0 Å². The highest BCUT2D eigenvalue weighted by Crippen LogP contribution is 2.25. The van der Waals surface area contributed by atoms with E-state index < -0.39 is 0 Å². The maximum Gasteiger partial charge on any atom is 0.253 e. The number of hydrogen-bond donors (Lipinski definition) is 1. The van der Waals surface area contributed by atoms with E-state index in [1.807, 2.05) is 60.4 Å². The molecule has 2 aromatic carbocycles. The summed E-state index contributed by atoms with van der Waals surface area (Å²) in [5, 5.41) is 0. The molecule has 0 aliphatic carbocycles. The number of aryl methyl sites for hydroxylation is 1. The van der Waals surface area contributed by atoms with Gasteiger partial charge in [0.05, 0.1) is 11.0 Å². The van der Waals surface area contributed by atoms with Crippen molar-refractivity contribution >= 4 is 22.8 Å². The van der Waals surface area contributed by atoms with Gasteiger partial charge in [-0.2, -0.15) is 0 Å². The molecule has 2 amide bonds. The lowest BCUT2D eigenvalue weighted by Gasteiger charge is -2.32. The van der Waals surface area contributed by atoms with Crippen LogP contribution in [0.25, 0.3) is 16.7 Å². The molecule has 1 aromatic heterocycles. The van der Waals surface area contributed by atoms with Crippen molar-refractivity contribution in [2.45, 2.75) is 32.6 Å². The number of rotatable bonds is 5. The van der Waals surface area contributed by atoms with Crippen molar-refractivity contribution < 1.29 is 9.59 Å². The van der Waals surface area contributed by atoms with Crippen LogP contribution in [0.5, 0.6) is 0 Å². The smallest absolute Gasteiger partial charge is 0.253 e. The number of likely N-dealkylation sites (tertiary alicyclic amines) is 1. The maximum absolute atomic E-state index is 13.1. The summed E-state index contributed by atoms with van der Waals surface area (Å²) >= 11 is 0. The molecular formula is C23H26N4O2. The Bertz CT molecular complexity index is 1040. The van der Waals surface area contributed by atoms with Gasteiger partial charge in [0.25, 0.3) is 5.91 Å². The Labute approximate surface area is 170 Å². The number of carbonyl (C=O) groups excluding carboxylic acids is 2. The summed E-state index contributed by atoms with van der Waals surface area (Å²) < 4.78 is 2.10. The maximum atomic E-state index is 13.1. The fraction of sp³-hybridized carbons (Fsp3) is 0.348. The first-order valence-corrected chi connectivity index (χ1v) is 10.1. The SMILES string of the molecule is Cc1nc2cc(C(=O)N3CCCC(CCC(N)=O)C3)ccc2n1-c1ccccc1. The standard InChI is InChI=1S/C23H26N4O2/c1-16-25-20-14-18(10-11-21(20)27(16)19-7-3-2-4-8-19)23(29)26-13-5-6-17(15-26)9-12-22(24)28/h2-4,7-8,10-11,14,17H,5-6,9,12-13,15H2,1H3,(H2,24,28). The van der Waals surface area contributed by atoms with Crippen LogP contribution in [-0.4, -0.2) is 39.4 Å². The number of para-hydroxylation sites is 1. The lowest BCUT2D eigenvalue weighted by molar-refractivity contribution is -0.118. The number of piperidine rings is 1. The van der Waals surface area contributed by atoms with Gasteiger partial charge in [0.15, 0.2) is 0 Å². The van der Waals surface area contributed by atoms with Gasteiger partial charge in [-0.1, -0.05) is 18.2 Å². The quantitative estimate of drug-likeness (QED) is 0.724. The Balaban J connectivity index is 1.57. The molecule has 2 heterocycles. The Kier molecular flexibility index (Phi) is 5.34. The van der Waals surface area contributed by atoms with Crippen molar-refractivity contribution in [1.29, 1.82) is 0 Å². The first-order valence-electron chi connectivity index (χ1n) is 10.1. The fourth-order valence-corrected chi connectivity index (χ4v) is 4.25. The van der Waals surface area contributed by atoms with Gasteiger partial charge < -0.3 is 10.6 Å². The molecule has 0 saturated carbocycles. The minimum absolute atomic E-state index is 0.0302. The largest absolute Gasteiger partial charge is 0.370 e. The fourth-order valence-electron chi connectivity index (χ4n) is 4.25. The monoisotopic (exact) mass is 390 g/mol. The average Bonchev–Trinajstić information content (AvgIpc) is 3.07. The molecule has 1 fully saturated rings. The Morgan fingerprint density at radius 3 is 2.72 bits per heavy atom. The summed E-state index contributed by atoms with van der Waals surface area (Å²) in [7, 11) is 0. The van der Waals surface area contributed by atoms with E-state index in [2.05, 4.69) is 9.55 Å². The zero-order chi connectivity index (χ0) is 20.4. The van der Waals surface area contributed by atoms with Gasteiger partial charge in [-0.3, -0.25) is 14.2 Å². The number of fused-ring (bicyclic) bond motifs is 1. The van der Waals surface area contributed by atoms with E-state index >= 15 is 0 Å². The average molecular weight is 390 g/mol. The van der Waals surface area contributed by atoms with E-state index in [-0.39, 0.29) is 11.8 Å². The minimum atomic E-state index is -0.275. The summed E-state index contributed by atoms with van der Waals surface area (Å²) in [6.07, 6.45) is 3.13. The number of hydrogen-bond acceptors (Lipinski definition) is 3. The van der Waals surface area contributed by atoms with Crippen molar-refractivity contribution in [3.05, 3.63) is 59.9 Å². The van der Waals surface area contributed by atoms with Gasteiger partial charge in [-0.25, -0.2) is 4.98 Å². The molecule has 4 rings (SSSR count). The van der Waals surface area contributed by atoms with Crippen LogP contribution >= 0.6 is 0 Å². The second-order valence-electron chi connectivity index (χ2n) is 7.80. The molecule has 1 aliphatic heterocycles. The van der Waals surface area contributed by atoms with Crippen molar-refractivity contribution in [3.8, 4) is 5.69 Å². The first-order chi connectivity index (χ1) is 14.0. The summed E-state index contributed by atoms with van der Waals surface area (Å²) in [4.78, 5) is 30.7. The molecule has 1 aliphatic rings. The number of nitrogens with two attached hydrogens (primary N) is 1. The molecule has 0 radical (unpaired) electrons. The van der Waals surface area contributed by atoms with Crippen LogP contribution in [0, 0.1) is 12.8 Å². The van der Waals surface area contributed by atoms with Crippen molar-refractivity contribution in [1.82, 2.24) is 14.5 Å². The summed E-state index contributed by atoms with van der Waals surface area (Å²) in [6, 6.07) is 15.8. The van der Waals surface area contributed by atoms with Gasteiger partial charge in [0, 0.05) is 30.8 Å². The molecule has 1 atom stereocenters. The summed E-state index contributed by atoms with van der Waals surface area (Å²) in [5.41, 5.74) is 8.80. The van der Waals surface area contributed by atoms with E-state index in [4.69, 9.17) is 5.73 Å². The van der Waals surface area contributed by atoms with Crippen LogP contribution in [0.2, 0.25) is 0 Å². The van der Waals surface area contributed by atoms with Gasteiger partial charge in [-0.15, -0.1) is 0 Å². The number of carbonyl (C=O) groups is 2. The van der Waals surface area contributed by atoms with E-state index in [1.54, 1.807) is 0 Å². The molecule has 6 heteroatoms. The number of nitrogens with zero attached hydrogens (tertiary/aromatic N) is 3. The zero-order valence-corrected chi connectivity index (χ0v) is 16.7.